The van der Waals surface area contributed by atoms with Gasteiger partial charge in [0.15, 0.2) is 0 Å². The van der Waals surface area contributed by atoms with E-state index in [-0.39, 0.29) is 40.7 Å². The molecular weight excluding hydrogens is 475 g/mol. The minimum absolute atomic E-state index is 0.0248. The molecule has 1 aliphatic rings. The van der Waals surface area contributed by atoms with E-state index in [1.807, 2.05) is 0 Å². The monoisotopic (exact) mass is 494 g/mol. The van der Waals surface area contributed by atoms with Gasteiger partial charge in [-0.05, 0) is 55.3 Å². The van der Waals surface area contributed by atoms with Gasteiger partial charge in [0.25, 0.3) is 0 Å². The van der Waals surface area contributed by atoms with Gasteiger partial charge in [0.05, 0.1) is 5.02 Å². The highest BCUT2D eigenvalue weighted by Gasteiger charge is 2.33. The van der Waals surface area contributed by atoms with Crippen LogP contribution in [-0.2, 0) is 14.8 Å². The smallest absolute Gasteiger partial charge is 0.244 e. The van der Waals surface area contributed by atoms with Gasteiger partial charge in [0.2, 0.25) is 27.6 Å². The molecular formula is C21H20Cl2N4O4S. The highest BCUT2D eigenvalue weighted by Crippen LogP contribution is 2.31. The number of carbonyl (C=O) groups excluding carboxylic acids is 1. The first-order valence-electron chi connectivity index (χ1n) is 9.91. The van der Waals surface area contributed by atoms with Crippen molar-refractivity contribution in [2.45, 2.75) is 24.7 Å². The number of benzene rings is 2. The third-order valence-corrected chi connectivity index (χ3v) is 7.90. The van der Waals surface area contributed by atoms with Gasteiger partial charge in [-0.15, -0.1) is 0 Å². The summed E-state index contributed by atoms with van der Waals surface area (Å²) in [5, 5.41) is 7.37. The van der Waals surface area contributed by atoms with Crippen LogP contribution in [0.15, 0.2) is 51.9 Å². The van der Waals surface area contributed by atoms with Crippen LogP contribution in [0.1, 0.15) is 18.7 Å². The second-order valence-corrected chi connectivity index (χ2v) is 10.2. The zero-order valence-electron chi connectivity index (χ0n) is 17.1. The fourth-order valence-electron chi connectivity index (χ4n) is 3.53. The van der Waals surface area contributed by atoms with Gasteiger partial charge in [0.1, 0.15) is 4.90 Å². The maximum atomic E-state index is 13.3. The SMILES string of the molecule is Cc1nc(-c2ccc(Cl)c(S(=O)(=O)N3CCC(C(=O)Nc4ccc(Cl)cc4)CC3)c2)no1. The summed E-state index contributed by atoms with van der Waals surface area (Å²) < 4.78 is 32.8. The number of anilines is 1. The zero-order valence-corrected chi connectivity index (χ0v) is 19.4. The maximum absolute atomic E-state index is 13.3. The van der Waals surface area contributed by atoms with Crippen LogP contribution in [0.4, 0.5) is 5.69 Å². The van der Waals surface area contributed by atoms with E-state index in [0.29, 0.717) is 35.0 Å². The van der Waals surface area contributed by atoms with E-state index in [0.717, 1.165) is 0 Å². The molecule has 1 saturated heterocycles. The van der Waals surface area contributed by atoms with E-state index in [9.17, 15) is 13.2 Å². The second kappa shape index (κ2) is 9.19. The Labute approximate surface area is 195 Å². The normalized spacial score (nSPS) is 15.6. The van der Waals surface area contributed by atoms with Crippen molar-refractivity contribution >= 4 is 44.8 Å². The summed E-state index contributed by atoms with van der Waals surface area (Å²) in [6, 6.07) is 11.4. The predicted molar refractivity (Wildman–Crippen MR) is 121 cm³/mol. The Bertz CT molecular complexity index is 1240. The molecule has 11 heteroatoms. The minimum atomic E-state index is -3.86. The number of hydrogen-bond acceptors (Lipinski definition) is 6. The van der Waals surface area contributed by atoms with Crippen LogP contribution < -0.4 is 5.32 Å². The summed E-state index contributed by atoms with van der Waals surface area (Å²) in [6.07, 6.45) is 0.806. The lowest BCUT2D eigenvalue weighted by molar-refractivity contribution is -0.120. The number of rotatable bonds is 5. The summed E-state index contributed by atoms with van der Waals surface area (Å²) in [5.41, 5.74) is 1.14. The largest absolute Gasteiger partial charge is 0.339 e. The van der Waals surface area contributed by atoms with E-state index in [4.69, 9.17) is 27.7 Å². The van der Waals surface area contributed by atoms with Crippen LogP contribution >= 0.6 is 23.2 Å². The van der Waals surface area contributed by atoms with Crippen LogP contribution in [0, 0.1) is 12.8 Å². The van der Waals surface area contributed by atoms with E-state index >= 15 is 0 Å². The topological polar surface area (TPSA) is 105 Å². The number of halogens is 2. The van der Waals surface area contributed by atoms with Crippen LogP contribution in [0.2, 0.25) is 10.0 Å². The Balaban J connectivity index is 1.46. The fraction of sp³-hybridized carbons (Fsp3) is 0.286. The quantitative estimate of drug-likeness (QED) is 0.563. The number of nitrogens with zero attached hydrogens (tertiary/aromatic N) is 3. The summed E-state index contributed by atoms with van der Waals surface area (Å²) >= 11 is 12.1. The number of piperidine rings is 1. The van der Waals surface area contributed by atoms with Crippen molar-refractivity contribution in [2.75, 3.05) is 18.4 Å². The van der Waals surface area contributed by atoms with Gasteiger partial charge in [-0.2, -0.15) is 9.29 Å². The van der Waals surface area contributed by atoms with Crippen LogP contribution in [0.3, 0.4) is 0 Å². The number of carbonyl (C=O) groups is 1. The number of aryl methyl sites for hydroxylation is 1. The van der Waals surface area contributed by atoms with Gasteiger partial charge in [-0.1, -0.05) is 28.4 Å². The minimum Gasteiger partial charge on any atom is -0.339 e. The molecule has 1 amide bonds. The van der Waals surface area contributed by atoms with Crippen LogP contribution in [0.25, 0.3) is 11.4 Å². The van der Waals surface area contributed by atoms with Crippen molar-refractivity contribution in [3.63, 3.8) is 0 Å². The lowest BCUT2D eigenvalue weighted by Gasteiger charge is -2.30. The molecule has 3 aromatic rings. The molecule has 1 aromatic heterocycles. The van der Waals surface area contributed by atoms with Crippen LogP contribution in [-0.4, -0.2) is 41.9 Å². The average molecular weight is 495 g/mol. The van der Waals surface area contributed by atoms with Crippen LogP contribution in [0.5, 0.6) is 0 Å². The van der Waals surface area contributed by atoms with Crippen molar-refractivity contribution in [3.05, 3.63) is 58.4 Å². The molecule has 1 fully saturated rings. The molecule has 0 unspecified atom stereocenters. The number of sulfonamides is 1. The third-order valence-electron chi connectivity index (χ3n) is 5.27. The zero-order chi connectivity index (χ0) is 22.9. The molecule has 32 heavy (non-hydrogen) atoms. The first-order valence-corrected chi connectivity index (χ1v) is 12.1. The Hall–Kier alpha value is -2.46. The summed E-state index contributed by atoms with van der Waals surface area (Å²) in [7, 11) is -3.86. The lowest BCUT2D eigenvalue weighted by atomic mass is 9.97. The third kappa shape index (κ3) is 4.80. The number of aromatic nitrogens is 2. The Morgan fingerprint density at radius 2 is 1.81 bits per heavy atom. The van der Waals surface area contributed by atoms with Gasteiger partial charge in [0, 0.05) is 42.2 Å². The predicted octanol–water partition coefficient (Wildman–Crippen LogP) is 4.39. The van der Waals surface area contributed by atoms with Crippen molar-refractivity contribution in [3.8, 4) is 11.4 Å². The van der Waals surface area contributed by atoms with Crippen molar-refractivity contribution in [1.82, 2.24) is 14.4 Å². The number of hydrogen-bond donors (Lipinski definition) is 1. The first kappa shape index (κ1) is 22.7. The molecule has 0 saturated carbocycles. The van der Waals surface area contributed by atoms with Gasteiger partial charge >= 0.3 is 0 Å². The highest BCUT2D eigenvalue weighted by molar-refractivity contribution is 7.89. The van der Waals surface area contributed by atoms with Crippen molar-refractivity contribution in [1.29, 1.82) is 0 Å². The molecule has 8 nitrogen and oxygen atoms in total. The Morgan fingerprint density at radius 3 is 2.44 bits per heavy atom. The Kier molecular flexibility index (Phi) is 6.52. The molecule has 4 rings (SSSR count). The molecule has 2 aromatic carbocycles. The van der Waals surface area contributed by atoms with Gasteiger partial charge < -0.3 is 9.84 Å². The number of nitrogens with one attached hydrogen (secondary N) is 1. The molecule has 2 heterocycles. The van der Waals surface area contributed by atoms with Gasteiger partial charge in [-0.3, -0.25) is 4.79 Å². The molecule has 0 spiro atoms. The van der Waals surface area contributed by atoms with E-state index in [2.05, 4.69) is 15.5 Å². The summed E-state index contributed by atoms with van der Waals surface area (Å²) in [4.78, 5) is 16.7. The highest BCUT2D eigenvalue weighted by atomic mass is 35.5. The molecule has 0 atom stereocenters. The first-order chi connectivity index (χ1) is 15.2. The number of amides is 1. The molecule has 168 valence electrons. The van der Waals surface area contributed by atoms with Crippen molar-refractivity contribution < 1.29 is 17.7 Å². The van der Waals surface area contributed by atoms with E-state index in [1.54, 1.807) is 37.3 Å². The summed E-state index contributed by atoms with van der Waals surface area (Å²) in [5.74, 6) is 0.226. The van der Waals surface area contributed by atoms with Crippen molar-refractivity contribution in [2.24, 2.45) is 5.92 Å². The second-order valence-electron chi connectivity index (χ2n) is 7.46. The van der Waals surface area contributed by atoms with E-state index < -0.39 is 10.0 Å². The lowest BCUT2D eigenvalue weighted by Crippen LogP contribution is -2.41. The fourth-order valence-corrected chi connectivity index (χ4v) is 5.63. The Morgan fingerprint density at radius 1 is 1.12 bits per heavy atom. The molecule has 1 aliphatic heterocycles. The molecule has 0 bridgehead atoms. The van der Waals surface area contributed by atoms with Gasteiger partial charge in [-0.25, -0.2) is 8.42 Å². The molecule has 0 aliphatic carbocycles. The summed E-state index contributed by atoms with van der Waals surface area (Å²) in [6.45, 7) is 2.07. The standard InChI is InChI=1S/C21H20Cl2N4O4S/c1-13-24-20(26-31-13)15-2-7-18(23)19(12-15)32(29,30)27-10-8-14(9-11-27)21(28)25-17-5-3-16(22)4-6-17/h2-7,12,14H,8-11H2,1H3,(H,25,28). The average Bonchev–Trinajstić information content (AvgIpc) is 3.22. The molecule has 0 radical (unpaired) electrons. The van der Waals surface area contributed by atoms with E-state index in [1.165, 1.54) is 16.4 Å². The maximum Gasteiger partial charge on any atom is 0.244 e. The molecule has 1 N–H and O–H groups in total.